The van der Waals surface area contributed by atoms with E-state index in [1.54, 1.807) is 19.3 Å². The lowest BCUT2D eigenvalue weighted by molar-refractivity contribution is -0.138. The van der Waals surface area contributed by atoms with Gasteiger partial charge < -0.3 is 14.8 Å². The van der Waals surface area contributed by atoms with Crippen LogP contribution in [0.1, 0.15) is 38.4 Å². The number of hydrogen-bond acceptors (Lipinski definition) is 4. The minimum atomic E-state index is -4.51. The van der Waals surface area contributed by atoms with Crippen molar-refractivity contribution in [3.05, 3.63) is 76.4 Å². The van der Waals surface area contributed by atoms with Crippen LogP contribution in [-0.4, -0.2) is 33.8 Å². The molecule has 2 aliphatic rings. The van der Waals surface area contributed by atoms with Gasteiger partial charge in [-0.1, -0.05) is 12.1 Å². The van der Waals surface area contributed by atoms with Crippen molar-refractivity contribution in [3.8, 4) is 0 Å². The van der Waals surface area contributed by atoms with Crippen molar-refractivity contribution >= 4 is 11.6 Å². The largest absolute Gasteiger partial charge is 0.416 e. The molecular weight excluding hydrogens is 407 g/mol. The first-order valence-corrected chi connectivity index (χ1v) is 9.89. The van der Waals surface area contributed by atoms with Gasteiger partial charge in [-0.15, -0.1) is 10.2 Å². The van der Waals surface area contributed by atoms with E-state index in [9.17, 15) is 18.0 Å². The monoisotopic (exact) mass is 427 g/mol. The second-order valence-electron chi connectivity index (χ2n) is 8.23. The Morgan fingerprint density at radius 3 is 2.55 bits per heavy atom. The average Bonchev–Trinajstić information content (AvgIpc) is 3.24. The Labute approximate surface area is 176 Å². The van der Waals surface area contributed by atoms with Crippen LogP contribution in [0.5, 0.6) is 0 Å². The number of nitrogens with one attached hydrogen (secondary N) is 1. The molecule has 9 heteroatoms. The molecule has 1 amide bonds. The van der Waals surface area contributed by atoms with Gasteiger partial charge in [0.15, 0.2) is 0 Å². The molecule has 31 heavy (non-hydrogen) atoms. The van der Waals surface area contributed by atoms with Gasteiger partial charge in [0.25, 0.3) is 5.91 Å². The van der Waals surface area contributed by atoms with Crippen LogP contribution in [0.2, 0.25) is 0 Å². The van der Waals surface area contributed by atoms with E-state index in [4.69, 9.17) is 0 Å². The third-order valence-corrected chi connectivity index (χ3v) is 6.19. The fraction of sp³-hybridized carbons (Fsp3) is 0.318. The van der Waals surface area contributed by atoms with Gasteiger partial charge in [-0.05, 0) is 47.9 Å². The number of aromatic nitrogens is 3. The molecule has 2 aliphatic heterocycles. The smallest absolute Gasteiger partial charge is 0.320 e. The summed E-state index contributed by atoms with van der Waals surface area (Å²) in [6.07, 6.45) is -2.87. The van der Waals surface area contributed by atoms with E-state index < -0.39 is 23.1 Å². The number of aryl methyl sites for hydroxylation is 2. The number of halogens is 3. The SMILES string of the molecule is Cc1cc2c(c(C(F)(F)F)c1)CN(c1cccc(C3(c4nncn4C)CNC3)c1)C2=O. The number of fused-ring (bicyclic) bond motifs is 1. The van der Waals surface area contributed by atoms with Crippen molar-refractivity contribution in [1.29, 1.82) is 0 Å². The first-order chi connectivity index (χ1) is 14.7. The molecule has 5 rings (SSSR count). The molecule has 0 saturated carbocycles. The number of benzene rings is 2. The molecular formula is C22H20F3N5O. The van der Waals surface area contributed by atoms with Crippen molar-refractivity contribution < 1.29 is 18.0 Å². The van der Waals surface area contributed by atoms with Crippen LogP contribution in [-0.2, 0) is 25.2 Å². The average molecular weight is 427 g/mol. The number of anilines is 1. The van der Waals surface area contributed by atoms with E-state index in [2.05, 4.69) is 15.5 Å². The standard InChI is InChI=1S/C22H20F3N5O/c1-13-6-16-17(18(7-13)22(23,24)25)9-30(19(16)31)15-5-3-4-14(8-15)21(10-26-11-21)20-28-27-12-29(20)2/h3-8,12,26H,9-11H2,1-2H3. The van der Waals surface area contributed by atoms with Crippen LogP contribution < -0.4 is 10.2 Å². The summed E-state index contributed by atoms with van der Waals surface area (Å²) in [6, 6.07) is 10.1. The molecule has 0 unspecified atom stereocenters. The number of alkyl halides is 3. The summed E-state index contributed by atoms with van der Waals surface area (Å²) in [4.78, 5) is 14.5. The zero-order valence-electron chi connectivity index (χ0n) is 17.0. The number of rotatable bonds is 3. The lowest BCUT2D eigenvalue weighted by Crippen LogP contribution is -2.58. The second-order valence-corrected chi connectivity index (χ2v) is 8.23. The maximum absolute atomic E-state index is 13.6. The van der Waals surface area contributed by atoms with Crippen LogP contribution in [0.15, 0.2) is 42.7 Å². The Morgan fingerprint density at radius 1 is 1.16 bits per heavy atom. The van der Waals surface area contributed by atoms with E-state index in [0.717, 1.165) is 17.5 Å². The van der Waals surface area contributed by atoms with Crippen molar-refractivity contribution in [2.45, 2.75) is 25.1 Å². The normalized spacial score (nSPS) is 17.6. The highest BCUT2D eigenvalue weighted by molar-refractivity contribution is 6.10. The zero-order chi connectivity index (χ0) is 22.0. The highest BCUT2D eigenvalue weighted by atomic mass is 19.4. The van der Waals surface area contributed by atoms with Crippen molar-refractivity contribution in [2.75, 3.05) is 18.0 Å². The summed E-state index contributed by atoms with van der Waals surface area (Å²) in [5, 5.41) is 11.5. The lowest BCUT2D eigenvalue weighted by Gasteiger charge is -2.42. The highest BCUT2D eigenvalue weighted by Crippen LogP contribution is 2.41. The third-order valence-electron chi connectivity index (χ3n) is 6.19. The number of carbonyl (C=O) groups is 1. The Hall–Kier alpha value is -3.20. The fourth-order valence-corrected chi connectivity index (χ4v) is 4.57. The first-order valence-electron chi connectivity index (χ1n) is 9.89. The topological polar surface area (TPSA) is 63.1 Å². The van der Waals surface area contributed by atoms with Gasteiger partial charge in [-0.3, -0.25) is 4.79 Å². The van der Waals surface area contributed by atoms with Crippen LogP contribution in [0.25, 0.3) is 0 Å². The maximum atomic E-state index is 13.6. The molecule has 1 N–H and O–H groups in total. The first kappa shape index (κ1) is 19.7. The van der Waals surface area contributed by atoms with Gasteiger partial charge in [0, 0.05) is 31.4 Å². The fourth-order valence-electron chi connectivity index (χ4n) is 4.57. The summed E-state index contributed by atoms with van der Waals surface area (Å²) in [5.41, 5.74) is 0.927. The predicted octanol–water partition coefficient (Wildman–Crippen LogP) is 3.19. The van der Waals surface area contributed by atoms with Crippen molar-refractivity contribution in [3.63, 3.8) is 0 Å². The number of carbonyl (C=O) groups excluding carboxylic acids is 1. The summed E-state index contributed by atoms with van der Waals surface area (Å²) in [7, 11) is 1.88. The van der Waals surface area contributed by atoms with E-state index in [1.807, 2.05) is 29.8 Å². The lowest BCUT2D eigenvalue weighted by atomic mass is 9.74. The molecule has 160 valence electrons. The minimum Gasteiger partial charge on any atom is -0.320 e. The minimum absolute atomic E-state index is 0.0295. The maximum Gasteiger partial charge on any atom is 0.416 e. The summed E-state index contributed by atoms with van der Waals surface area (Å²) in [6.45, 7) is 2.78. The quantitative estimate of drug-likeness (QED) is 0.698. The van der Waals surface area contributed by atoms with E-state index in [0.29, 0.717) is 24.3 Å². The number of nitrogens with zero attached hydrogens (tertiary/aromatic N) is 4. The van der Waals surface area contributed by atoms with E-state index in [1.165, 1.54) is 11.0 Å². The summed E-state index contributed by atoms with van der Waals surface area (Å²) < 4.78 is 42.7. The molecule has 6 nitrogen and oxygen atoms in total. The Morgan fingerprint density at radius 2 is 1.94 bits per heavy atom. The summed E-state index contributed by atoms with van der Waals surface area (Å²) in [5.74, 6) is 0.384. The van der Waals surface area contributed by atoms with Gasteiger partial charge in [0.1, 0.15) is 12.2 Å². The van der Waals surface area contributed by atoms with Crippen LogP contribution >= 0.6 is 0 Å². The Balaban J connectivity index is 1.56. The van der Waals surface area contributed by atoms with Gasteiger partial charge in [0.2, 0.25) is 0 Å². The second kappa shape index (κ2) is 6.65. The van der Waals surface area contributed by atoms with Gasteiger partial charge in [-0.2, -0.15) is 13.2 Å². The molecule has 1 fully saturated rings. The number of amides is 1. The summed E-state index contributed by atoms with van der Waals surface area (Å²) >= 11 is 0. The molecule has 0 bridgehead atoms. The van der Waals surface area contributed by atoms with E-state index >= 15 is 0 Å². The van der Waals surface area contributed by atoms with Crippen LogP contribution in [0, 0.1) is 6.92 Å². The molecule has 0 atom stereocenters. The Kier molecular flexibility index (Phi) is 4.23. The van der Waals surface area contributed by atoms with Crippen molar-refractivity contribution in [1.82, 2.24) is 20.1 Å². The highest BCUT2D eigenvalue weighted by Gasteiger charge is 2.45. The third kappa shape index (κ3) is 2.95. The van der Waals surface area contributed by atoms with Crippen molar-refractivity contribution in [2.24, 2.45) is 7.05 Å². The zero-order valence-corrected chi connectivity index (χ0v) is 17.0. The predicted molar refractivity (Wildman–Crippen MR) is 108 cm³/mol. The molecule has 2 aromatic carbocycles. The Bertz CT molecular complexity index is 1200. The molecule has 1 aromatic heterocycles. The van der Waals surface area contributed by atoms with Gasteiger partial charge >= 0.3 is 6.18 Å². The number of hydrogen-bond donors (Lipinski definition) is 1. The van der Waals surface area contributed by atoms with Crippen LogP contribution in [0.4, 0.5) is 18.9 Å². The van der Waals surface area contributed by atoms with Crippen LogP contribution in [0.3, 0.4) is 0 Å². The molecule has 0 radical (unpaired) electrons. The van der Waals surface area contributed by atoms with Gasteiger partial charge in [0.05, 0.1) is 17.5 Å². The molecule has 0 aliphatic carbocycles. The molecule has 1 saturated heterocycles. The van der Waals surface area contributed by atoms with Gasteiger partial charge in [-0.25, -0.2) is 0 Å². The molecule has 3 aromatic rings. The molecule has 3 heterocycles. The molecule has 0 spiro atoms. The van der Waals surface area contributed by atoms with E-state index in [-0.39, 0.29) is 17.7 Å².